The molecule has 0 aliphatic carbocycles. The van der Waals surface area contributed by atoms with Crippen molar-refractivity contribution in [1.29, 1.82) is 0 Å². The highest BCUT2D eigenvalue weighted by Crippen LogP contribution is 2.27. The summed E-state index contributed by atoms with van der Waals surface area (Å²) in [6, 6.07) is 2.41. The largest absolute Gasteiger partial charge is 0.503 e. The van der Waals surface area contributed by atoms with Gasteiger partial charge in [-0.15, -0.1) is 0 Å². The number of amides is 2. The van der Waals surface area contributed by atoms with Gasteiger partial charge in [-0.25, -0.2) is 8.78 Å². The van der Waals surface area contributed by atoms with Gasteiger partial charge in [-0.05, 0) is 13.0 Å². The maximum absolute atomic E-state index is 13.8. The molecule has 3 heterocycles. The standard InChI is InChI=1S/C20H19F2N3O5/c1-10-8-30-9-13-6-24-7-14(17(26)18(27)16(24)20(29)25(10)13)19(28)23-5-11-2-3-12(21)4-15(11)22/h2-4,7,10,13,27H,5-6,8-9H2,1H3,(H,23,28)/t10-,13-/m1/s1. The summed E-state index contributed by atoms with van der Waals surface area (Å²) in [5, 5.41) is 12.8. The third-order valence-corrected chi connectivity index (χ3v) is 5.34. The molecule has 30 heavy (non-hydrogen) atoms. The maximum atomic E-state index is 13.8. The van der Waals surface area contributed by atoms with Crippen LogP contribution < -0.4 is 10.7 Å². The zero-order valence-corrected chi connectivity index (χ0v) is 16.0. The minimum absolute atomic E-state index is 0.0335. The molecule has 2 atom stereocenters. The number of nitrogens with one attached hydrogen (secondary N) is 1. The van der Waals surface area contributed by atoms with Crippen molar-refractivity contribution >= 4 is 11.8 Å². The molecule has 0 bridgehead atoms. The van der Waals surface area contributed by atoms with E-state index in [-0.39, 0.29) is 42.0 Å². The van der Waals surface area contributed by atoms with Crippen LogP contribution in [0.2, 0.25) is 0 Å². The molecule has 10 heteroatoms. The summed E-state index contributed by atoms with van der Waals surface area (Å²) in [5.41, 5.74) is -1.52. The molecule has 1 fully saturated rings. The van der Waals surface area contributed by atoms with Gasteiger partial charge in [0.05, 0.1) is 25.3 Å². The van der Waals surface area contributed by atoms with Crippen LogP contribution >= 0.6 is 0 Å². The topological polar surface area (TPSA) is 101 Å². The van der Waals surface area contributed by atoms with Gasteiger partial charge in [0, 0.05) is 30.9 Å². The molecule has 0 radical (unpaired) electrons. The molecule has 2 N–H and O–H groups in total. The van der Waals surface area contributed by atoms with Gasteiger partial charge in [-0.1, -0.05) is 6.07 Å². The van der Waals surface area contributed by atoms with Crippen LogP contribution in [0, 0.1) is 11.6 Å². The average molecular weight is 419 g/mol. The van der Waals surface area contributed by atoms with Crippen molar-refractivity contribution in [2.75, 3.05) is 13.2 Å². The van der Waals surface area contributed by atoms with E-state index in [1.807, 2.05) is 6.92 Å². The second kappa shape index (κ2) is 7.52. The zero-order valence-electron chi connectivity index (χ0n) is 16.0. The third-order valence-electron chi connectivity index (χ3n) is 5.34. The van der Waals surface area contributed by atoms with E-state index in [0.717, 1.165) is 6.07 Å². The Morgan fingerprint density at radius 1 is 1.30 bits per heavy atom. The molecule has 1 aromatic heterocycles. The number of aromatic nitrogens is 1. The third kappa shape index (κ3) is 3.32. The molecule has 1 saturated heterocycles. The monoisotopic (exact) mass is 419 g/mol. The van der Waals surface area contributed by atoms with E-state index in [1.54, 1.807) is 4.90 Å². The second-order valence-corrected chi connectivity index (χ2v) is 7.39. The molecule has 0 unspecified atom stereocenters. The van der Waals surface area contributed by atoms with Gasteiger partial charge in [-0.3, -0.25) is 14.4 Å². The van der Waals surface area contributed by atoms with E-state index in [2.05, 4.69) is 5.32 Å². The van der Waals surface area contributed by atoms with E-state index in [9.17, 15) is 28.3 Å². The van der Waals surface area contributed by atoms with E-state index >= 15 is 0 Å². The number of carbonyl (C=O) groups excluding carboxylic acids is 2. The van der Waals surface area contributed by atoms with E-state index < -0.39 is 34.6 Å². The molecule has 2 aliphatic rings. The SMILES string of the molecule is C[C@@H]1COC[C@H]2Cn3cc(C(=O)NCc4ccc(F)cc4F)c(=O)c(O)c3C(=O)N21. The fourth-order valence-corrected chi connectivity index (χ4v) is 3.87. The van der Waals surface area contributed by atoms with Crippen LogP contribution in [0.25, 0.3) is 0 Å². The highest BCUT2D eigenvalue weighted by molar-refractivity contribution is 5.99. The predicted molar refractivity (Wildman–Crippen MR) is 100 cm³/mol. The number of hydrogen-bond acceptors (Lipinski definition) is 5. The number of morpholine rings is 1. The van der Waals surface area contributed by atoms with Crippen molar-refractivity contribution in [2.24, 2.45) is 0 Å². The summed E-state index contributed by atoms with van der Waals surface area (Å²) < 4.78 is 33.6. The van der Waals surface area contributed by atoms with Crippen LogP contribution in [-0.4, -0.2) is 51.7 Å². The van der Waals surface area contributed by atoms with Crippen molar-refractivity contribution in [1.82, 2.24) is 14.8 Å². The molecular formula is C20H19F2N3O5. The first-order valence-corrected chi connectivity index (χ1v) is 9.37. The Kier molecular flexibility index (Phi) is 5.02. The van der Waals surface area contributed by atoms with Gasteiger partial charge in [0.15, 0.2) is 11.4 Å². The van der Waals surface area contributed by atoms with Gasteiger partial charge in [-0.2, -0.15) is 0 Å². The zero-order chi connectivity index (χ0) is 21.6. The van der Waals surface area contributed by atoms with Crippen molar-refractivity contribution in [2.45, 2.75) is 32.1 Å². The fraction of sp³-hybridized carbons (Fsp3) is 0.350. The highest BCUT2D eigenvalue weighted by Gasteiger charge is 2.40. The van der Waals surface area contributed by atoms with Crippen LogP contribution in [-0.2, 0) is 17.8 Å². The van der Waals surface area contributed by atoms with Crippen LogP contribution in [0.3, 0.4) is 0 Å². The summed E-state index contributed by atoms with van der Waals surface area (Å²) >= 11 is 0. The molecule has 1 aromatic carbocycles. The van der Waals surface area contributed by atoms with Crippen molar-refractivity contribution in [3.05, 3.63) is 63.1 Å². The summed E-state index contributed by atoms with van der Waals surface area (Å²) in [7, 11) is 0. The molecule has 2 amide bonds. The molecule has 2 aromatic rings. The number of hydrogen-bond donors (Lipinski definition) is 2. The van der Waals surface area contributed by atoms with E-state index in [1.165, 1.54) is 16.8 Å². The Bertz CT molecular complexity index is 1100. The lowest BCUT2D eigenvalue weighted by Gasteiger charge is -2.44. The Hall–Kier alpha value is -3.27. The molecule has 4 rings (SSSR count). The summed E-state index contributed by atoms with van der Waals surface area (Å²) in [5.74, 6) is -3.75. The van der Waals surface area contributed by atoms with Gasteiger partial charge < -0.3 is 24.6 Å². The number of fused-ring (bicyclic) bond motifs is 2. The summed E-state index contributed by atoms with van der Waals surface area (Å²) in [6.45, 7) is 2.42. The predicted octanol–water partition coefficient (Wildman–Crippen LogP) is 1.01. The number of nitrogens with zero attached hydrogens (tertiary/aromatic N) is 2. The van der Waals surface area contributed by atoms with Gasteiger partial charge >= 0.3 is 0 Å². The normalized spacial score (nSPS) is 20.5. The molecule has 158 valence electrons. The maximum Gasteiger partial charge on any atom is 0.275 e. The Balaban J connectivity index is 1.63. The number of carbonyl (C=O) groups is 2. The number of benzene rings is 1. The minimum Gasteiger partial charge on any atom is -0.503 e. The highest BCUT2D eigenvalue weighted by atomic mass is 19.1. The quantitative estimate of drug-likeness (QED) is 0.773. The number of pyridine rings is 1. The lowest BCUT2D eigenvalue weighted by atomic mass is 10.0. The lowest BCUT2D eigenvalue weighted by Crippen LogP contribution is -2.58. The number of ether oxygens (including phenoxy) is 1. The molecule has 8 nitrogen and oxygen atoms in total. The smallest absolute Gasteiger partial charge is 0.275 e. The Labute approximate surface area is 169 Å². The van der Waals surface area contributed by atoms with Crippen LogP contribution in [0.1, 0.15) is 33.3 Å². The van der Waals surface area contributed by atoms with Gasteiger partial charge in [0.2, 0.25) is 5.43 Å². The van der Waals surface area contributed by atoms with E-state index in [0.29, 0.717) is 19.3 Å². The Morgan fingerprint density at radius 3 is 2.80 bits per heavy atom. The first kappa shape index (κ1) is 20.0. The number of aromatic hydroxyl groups is 1. The lowest BCUT2D eigenvalue weighted by molar-refractivity contribution is -0.0416. The van der Waals surface area contributed by atoms with Crippen LogP contribution in [0.4, 0.5) is 8.78 Å². The van der Waals surface area contributed by atoms with Crippen molar-refractivity contribution in [3.63, 3.8) is 0 Å². The fourth-order valence-electron chi connectivity index (χ4n) is 3.87. The summed E-state index contributed by atoms with van der Waals surface area (Å²) in [6.07, 6.45) is 1.21. The first-order valence-electron chi connectivity index (χ1n) is 9.37. The Morgan fingerprint density at radius 2 is 2.07 bits per heavy atom. The first-order chi connectivity index (χ1) is 14.3. The van der Waals surface area contributed by atoms with Crippen LogP contribution in [0.15, 0.2) is 29.2 Å². The van der Waals surface area contributed by atoms with Crippen molar-refractivity contribution in [3.8, 4) is 5.75 Å². The molecule has 0 saturated carbocycles. The second-order valence-electron chi connectivity index (χ2n) is 7.39. The van der Waals surface area contributed by atoms with Gasteiger partial charge in [0.25, 0.3) is 11.8 Å². The number of rotatable bonds is 3. The molecule has 2 aliphatic heterocycles. The van der Waals surface area contributed by atoms with Crippen molar-refractivity contribution < 1.29 is 28.2 Å². The average Bonchev–Trinajstić information content (AvgIpc) is 2.69. The molecular weight excluding hydrogens is 400 g/mol. The van der Waals surface area contributed by atoms with Crippen LogP contribution in [0.5, 0.6) is 5.75 Å². The van der Waals surface area contributed by atoms with Gasteiger partial charge in [0.1, 0.15) is 17.2 Å². The number of halogens is 2. The molecule has 0 spiro atoms. The minimum atomic E-state index is -0.994. The van der Waals surface area contributed by atoms with E-state index in [4.69, 9.17) is 4.74 Å². The summed E-state index contributed by atoms with van der Waals surface area (Å²) in [4.78, 5) is 39.5.